The number of alkyl halides is 1. The molecule has 5 aliphatic rings. The van der Waals surface area contributed by atoms with Crippen molar-refractivity contribution in [3.8, 4) is 6.19 Å². The molecule has 1 N–H and O–H groups in total. The number of nitrogens with one attached hydrogen (secondary N) is 1. The molecule has 176 valence electrons. The number of anilines is 1. The lowest BCUT2D eigenvalue weighted by Crippen LogP contribution is -2.33. The third-order valence-electron chi connectivity index (χ3n) is 6.96. The van der Waals surface area contributed by atoms with Crippen LogP contribution in [0.5, 0.6) is 0 Å². The fourth-order valence-corrected chi connectivity index (χ4v) is 5.41. The van der Waals surface area contributed by atoms with E-state index in [1.807, 2.05) is 0 Å². The van der Waals surface area contributed by atoms with E-state index in [1.54, 1.807) is 24.4 Å². The summed E-state index contributed by atoms with van der Waals surface area (Å²) in [6.07, 6.45) is 8.53. The first-order valence-corrected chi connectivity index (χ1v) is 11.3. The van der Waals surface area contributed by atoms with Gasteiger partial charge in [0.05, 0.1) is 23.1 Å². The van der Waals surface area contributed by atoms with Gasteiger partial charge in [0, 0.05) is 24.8 Å². The number of aromatic nitrogens is 2. The normalized spacial score (nSPS) is 24.5. The Balaban J connectivity index is 1.43. The maximum absolute atomic E-state index is 15.9. The summed E-state index contributed by atoms with van der Waals surface area (Å²) in [5.41, 5.74) is 2.47. The minimum atomic E-state index is -1.26. The van der Waals surface area contributed by atoms with E-state index in [1.165, 1.54) is 12.2 Å². The van der Waals surface area contributed by atoms with Crippen LogP contribution >= 0.6 is 0 Å². The second-order valence-electron chi connectivity index (χ2n) is 9.03. The van der Waals surface area contributed by atoms with Gasteiger partial charge >= 0.3 is 0 Å². The first-order valence-electron chi connectivity index (χ1n) is 11.3. The first-order chi connectivity index (χ1) is 17.4. The third-order valence-corrected chi connectivity index (χ3v) is 6.96. The van der Waals surface area contributed by atoms with E-state index in [0.717, 1.165) is 0 Å². The second kappa shape index (κ2) is 7.31. The molecule has 0 saturated carbocycles. The van der Waals surface area contributed by atoms with Crippen LogP contribution in [0.4, 0.5) is 28.9 Å². The van der Waals surface area contributed by atoms with E-state index in [2.05, 4.69) is 25.3 Å². The van der Waals surface area contributed by atoms with Gasteiger partial charge in [-0.2, -0.15) is 10.3 Å². The number of hydrogen-bond acceptors (Lipinski definition) is 6. The highest BCUT2D eigenvalue weighted by molar-refractivity contribution is 6.55. The number of fused-ring (bicyclic) bond motifs is 6. The van der Waals surface area contributed by atoms with Crippen LogP contribution in [-0.2, 0) is 6.42 Å². The van der Waals surface area contributed by atoms with Crippen molar-refractivity contribution in [1.82, 2.24) is 9.97 Å². The molecule has 36 heavy (non-hydrogen) atoms. The van der Waals surface area contributed by atoms with Crippen molar-refractivity contribution in [2.75, 3.05) is 5.32 Å². The second-order valence-corrected chi connectivity index (χ2v) is 9.03. The van der Waals surface area contributed by atoms with E-state index >= 15 is 8.78 Å². The average molecular weight is 486 g/mol. The zero-order valence-corrected chi connectivity index (χ0v) is 18.4. The van der Waals surface area contributed by atoms with Crippen LogP contribution in [-0.4, -0.2) is 33.6 Å². The molecule has 0 bridgehead atoms. The van der Waals surface area contributed by atoms with Gasteiger partial charge in [-0.1, -0.05) is 18.2 Å². The minimum Gasteiger partial charge on any atom is -0.368 e. The zero-order valence-electron chi connectivity index (χ0n) is 18.4. The van der Waals surface area contributed by atoms with Gasteiger partial charge in [0.25, 0.3) is 0 Å². The summed E-state index contributed by atoms with van der Waals surface area (Å²) in [5, 5.41) is 12.2. The topological polar surface area (TPSA) is 86.3 Å². The van der Waals surface area contributed by atoms with Crippen molar-refractivity contribution in [1.29, 1.82) is 5.26 Å². The quantitative estimate of drug-likeness (QED) is 0.398. The maximum atomic E-state index is 15.9. The molecule has 2 aromatic rings. The molecule has 0 saturated heterocycles. The number of rotatable bonds is 0. The van der Waals surface area contributed by atoms with Gasteiger partial charge in [-0.25, -0.2) is 32.5 Å². The lowest BCUT2D eigenvalue weighted by molar-refractivity contribution is 0.397. The molecule has 0 spiro atoms. The Labute approximate surface area is 201 Å². The van der Waals surface area contributed by atoms with Crippen LogP contribution in [0, 0.1) is 23.1 Å². The van der Waals surface area contributed by atoms with Gasteiger partial charge in [-0.05, 0) is 28.9 Å². The van der Waals surface area contributed by atoms with Crippen molar-refractivity contribution in [2.45, 2.75) is 31.5 Å². The van der Waals surface area contributed by atoms with Crippen molar-refractivity contribution in [2.24, 2.45) is 9.98 Å². The molecule has 2 heterocycles. The molecule has 1 aliphatic heterocycles. The molecular weight excluding hydrogens is 472 g/mol. The number of allylic oxidation sites excluding steroid dienone is 8. The molecule has 0 radical (unpaired) electrons. The molecule has 4 aliphatic carbocycles. The molecule has 6 nitrogen and oxygen atoms in total. The summed E-state index contributed by atoms with van der Waals surface area (Å²) >= 11 is 0. The van der Waals surface area contributed by atoms with Crippen LogP contribution in [0.25, 0.3) is 16.6 Å². The summed E-state index contributed by atoms with van der Waals surface area (Å²) in [6.45, 7) is 0. The fourth-order valence-electron chi connectivity index (χ4n) is 5.41. The number of benzene rings is 1. The van der Waals surface area contributed by atoms with Gasteiger partial charge in [-0.15, -0.1) is 0 Å². The predicted octanol–water partition coefficient (Wildman–Crippen LogP) is 5.43. The standard InChI is InChI=1S/C26H14F4N6/c27-11-2-1-3-13-10(6-11)7-16-19(13)34-23-18(30)25-24(17(29)22(23)33-16)35-21-14-5-4-12(28)8-15(14)20(32-9-31)26(21)36-25/h1,3-6,12,21,35H,2,7-8H2. The van der Waals surface area contributed by atoms with E-state index < -0.39 is 23.8 Å². The lowest BCUT2D eigenvalue weighted by atomic mass is 9.97. The number of hydrogen-bond donors (Lipinski definition) is 1. The third kappa shape index (κ3) is 2.77. The Morgan fingerprint density at radius 2 is 1.94 bits per heavy atom. The predicted molar refractivity (Wildman–Crippen MR) is 126 cm³/mol. The SMILES string of the molecule is N#CN=C1C2=Nc3c(c(F)c4nc5c(nc4c3F)C3=C(C=C(F)CC=C3)C5)NC2C2=C1CC(F)C=C2. The summed E-state index contributed by atoms with van der Waals surface area (Å²) in [5.74, 6) is -2.02. The Kier molecular flexibility index (Phi) is 4.25. The number of nitriles is 1. The van der Waals surface area contributed by atoms with Crippen LogP contribution in [0.1, 0.15) is 24.2 Å². The minimum absolute atomic E-state index is 0.0112. The van der Waals surface area contributed by atoms with Crippen LogP contribution in [0.15, 0.2) is 62.9 Å². The Morgan fingerprint density at radius 1 is 1.11 bits per heavy atom. The summed E-state index contributed by atoms with van der Waals surface area (Å²) in [7, 11) is 0. The number of nitrogens with zero attached hydrogens (tertiary/aromatic N) is 5. The Hall–Kier alpha value is -4.39. The molecule has 7 rings (SSSR count). The van der Waals surface area contributed by atoms with Gasteiger partial charge in [0.15, 0.2) is 11.6 Å². The van der Waals surface area contributed by atoms with Crippen LogP contribution < -0.4 is 5.32 Å². The van der Waals surface area contributed by atoms with Gasteiger partial charge < -0.3 is 5.32 Å². The lowest BCUT2D eigenvalue weighted by Gasteiger charge is -2.25. The highest BCUT2D eigenvalue weighted by Gasteiger charge is 2.42. The monoisotopic (exact) mass is 486 g/mol. The van der Waals surface area contributed by atoms with Gasteiger partial charge in [0.2, 0.25) is 6.19 Å². The highest BCUT2D eigenvalue weighted by Crippen LogP contribution is 2.45. The summed E-state index contributed by atoms with van der Waals surface area (Å²) in [4.78, 5) is 17.0. The number of halogens is 4. The molecule has 1 aromatic heterocycles. The Morgan fingerprint density at radius 3 is 2.78 bits per heavy atom. The molecule has 0 amide bonds. The molecule has 10 heteroatoms. The number of aliphatic imine (C=N–C) groups is 2. The Bertz CT molecular complexity index is 1700. The molecule has 2 unspecified atom stereocenters. The fraction of sp³-hybridized carbons (Fsp3) is 0.192. The average Bonchev–Trinajstić information content (AvgIpc) is 3.27. The van der Waals surface area contributed by atoms with Gasteiger partial charge in [0.1, 0.15) is 40.1 Å². The van der Waals surface area contributed by atoms with Crippen LogP contribution in [0.3, 0.4) is 0 Å². The van der Waals surface area contributed by atoms with E-state index in [9.17, 15) is 14.0 Å². The van der Waals surface area contributed by atoms with Crippen molar-refractivity contribution >= 4 is 39.4 Å². The zero-order chi connectivity index (χ0) is 24.7. The van der Waals surface area contributed by atoms with Gasteiger partial charge in [-0.3, -0.25) is 0 Å². The molecule has 2 atom stereocenters. The highest BCUT2D eigenvalue weighted by atomic mass is 19.1. The largest absolute Gasteiger partial charge is 0.368 e. The van der Waals surface area contributed by atoms with E-state index in [0.29, 0.717) is 33.7 Å². The maximum Gasteiger partial charge on any atom is 0.206 e. The van der Waals surface area contributed by atoms with Crippen molar-refractivity contribution < 1.29 is 17.6 Å². The molecule has 1 aromatic carbocycles. The smallest absolute Gasteiger partial charge is 0.206 e. The first kappa shape index (κ1) is 20.9. The van der Waals surface area contributed by atoms with Crippen LogP contribution in [0.2, 0.25) is 0 Å². The molecular formula is C26H14F4N6. The van der Waals surface area contributed by atoms with Crippen molar-refractivity contribution in [3.63, 3.8) is 0 Å². The summed E-state index contributed by atoms with van der Waals surface area (Å²) in [6, 6.07) is -0.715. The van der Waals surface area contributed by atoms with Crippen molar-refractivity contribution in [3.05, 3.63) is 75.9 Å². The van der Waals surface area contributed by atoms with E-state index in [4.69, 9.17) is 0 Å². The summed E-state index contributed by atoms with van der Waals surface area (Å²) < 4.78 is 59.7. The molecule has 0 fully saturated rings. The van der Waals surface area contributed by atoms with E-state index in [-0.39, 0.29) is 58.9 Å².